The molecular weight excluding hydrogens is 414 g/mol. The highest BCUT2D eigenvalue weighted by molar-refractivity contribution is 5.94. The van der Waals surface area contributed by atoms with Gasteiger partial charge >= 0.3 is 11.6 Å². The highest BCUT2D eigenvalue weighted by atomic mass is 16.5. The number of benzene rings is 2. The minimum absolute atomic E-state index is 0.220. The molecule has 8 nitrogen and oxygen atoms in total. The topological polar surface area (TPSA) is 115 Å². The number of methoxy groups -OCH3 is 1. The van der Waals surface area contributed by atoms with E-state index in [1.807, 2.05) is 19.1 Å². The highest BCUT2D eigenvalue weighted by Crippen LogP contribution is 2.30. The van der Waals surface area contributed by atoms with E-state index in [1.54, 1.807) is 38.3 Å². The SMILES string of the molecule is CCC(C)C(NC(=O)COc1ccc2c(-c3ccc(OC)cc3)cc(=O)oc2c1)C(=O)O. The number of rotatable bonds is 9. The van der Waals surface area contributed by atoms with Crippen molar-refractivity contribution in [2.45, 2.75) is 26.3 Å². The van der Waals surface area contributed by atoms with E-state index >= 15 is 0 Å². The van der Waals surface area contributed by atoms with Gasteiger partial charge in [0.25, 0.3) is 5.91 Å². The van der Waals surface area contributed by atoms with E-state index in [4.69, 9.17) is 13.9 Å². The van der Waals surface area contributed by atoms with Crippen molar-refractivity contribution in [3.8, 4) is 22.6 Å². The number of hydrogen-bond acceptors (Lipinski definition) is 6. The minimum atomic E-state index is -1.09. The number of fused-ring (bicyclic) bond motifs is 1. The van der Waals surface area contributed by atoms with E-state index in [9.17, 15) is 19.5 Å². The average Bonchev–Trinajstić information content (AvgIpc) is 2.79. The third kappa shape index (κ3) is 5.26. The molecule has 2 aromatic carbocycles. The zero-order valence-corrected chi connectivity index (χ0v) is 18.1. The molecule has 0 bridgehead atoms. The predicted molar refractivity (Wildman–Crippen MR) is 119 cm³/mol. The number of carbonyl (C=O) groups is 2. The van der Waals surface area contributed by atoms with Crippen LogP contribution in [-0.2, 0) is 9.59 Å². The molecule has 0 aliphatic carbocycles. The molecular formula is C24H25NO7. The molecule has 3 aromatic rings. The van der Waals surface area contributed by atoms with Crippen LogP contribution in [0.3, 0.4) is 0 Å². The van der Waals surface area contributed by atoms with Gasteiger partial charge in [0.05, 0.1) is 7.11 Å². The fourth-order valence-electron chi connectivity index (χ4n) is 3.29. The Morgan fingerprint density at radius 1 is 1.09 bits per heavy atom. The van der Waals surface area contributed by atoms with Gasteiger partial charge < -0.3 is 24.3 Å². The fourth-order valence-corrected chi connectivity index (χ4v) is 3.29. The quantitative estimate of drug-likeness (QED) is 0.491. The van der Waals surface area contributed by atoms with Crippen LogP contribution in [0.15, 0.2) is 57.7 Å². The predicted octanol–water partition coefficient (Wildman–Crippen LogP) is 3.46. The maximum atomic E-state index is 12.2. The number of carboxylic acid groups (broad SMARTS) is 1. The molecule has 168 valence electrons. The van der Waals surface area contributed by atoms with Crippen molar-refractivity contribution in [3.05, 3.63) is 59.0 Å². The van der Waals surface area contributed by atoms with Crippen molar-refractivity contribution in [1.82, 2.24) is 5.32 Å². The zero-order valence-electron chi connectivity index (χ0n) is 18.1. The zero-order chi connectivity index (χ0) is 23.3. The summed E-state index contributed by atoms with van der Waals surface area (Å²) >= 11 is 0. The molecule has 2 N–H and O–H groups in total. The number of carbonyl (C=O) groups excluding carboxylic acids is 1. The summed E-state index contributed by atoms with van der Waals surface area (Å²) in [6.07, 6.45) is 0.609. The van der Waals surface area contributed by atoms with Gasteiger partial charge in [-0.2, -0.15) is 0 Å². The summed E-state index contributed by atoms with van der Waals surface area (Å²) < 4.78 is 16.0. The molecule has 1 heterocycles. The summed E-state index contributed by atoms with van der Waals surface area (Å²) in [5.41, 5.74) is 1.31. The van der Waals surface area contributed by atoms with Gasteiger partial charge in [-0.1, -0.05) is 32.4 Å². The van der Waals surface area contributed by atoms with Crippen LogP contribution in [0.1, 0.15) is 20.3 Å². The number of nitrogens with one attached hydrogen (secondary N) is 1. The molecule has 8 heteroatoms. The summed E-state index contributed by atoms with van der Waals surface area (Å²) in [5.74, 6) is -0.841. The lowest BCUT2D eigenvalue weighted by atomic mass is 9.99. The largest absolute Gasteiger partial charge is 0.497 e. The lowest BCUT2D eigenvalue weighted by Crippen LogP contribution is -2.46. The van der Waals surface area contributed by atoms with Crippen LogP contribution in [0.2, 0.25) is 0 Å². The number of amides is 1. The smallest absolute Gasteiger partial charge is 0.336 e. The first-order chi connectivity index (χ1) is 15.3. The van der Waals surface area contributed by atoms with Crippen molar-refractivity contribution in [1.29, 1.82) is 0 Å². The van der Waals surface area contributed by atoms with Crippen molar-refractivity contribution in [2.75, 3.05) is 13.7 Å². The van der Waals surface area contributed by atoms with Gasteiger partial charge in [-0.25, -0.2) is 9.59 Å². The highest BCUT2D eigenvalue weighted by Gasteiger charge is 2.25. The van der Waals surface area contributed by atoms with Crippen molar-refractivity contribution < 1.29 is 28.6 Å². The Kier molecular flexibility index (Phi) is 7.14. The second-order valence-corrected chi connectivity index (χ2v) is 7.42. The maximum absolute atomic E-state index is 12.2. The summed E-state index contributed by atoms with van der Waals surface area (Å²) in [6.45, 7) is 3.24. The summed E-state index contributed by atoms with van der Waals surface area (Å²) in [7, 11) is 1.58. The molecule has 32 heavy (non-hydrogen) atoms. The van der Waals surface area contributed by atoms with E-state index in [-0.39, 0.29) is 12.5 Å². The fraction of sp³-hybridized carbons (Fsp3) is 0.292. The third-order valence-electron chi connectivity index (χ3n) is 5.28. The first-order valence-electron chi connectivity index (χ1n) is 10.2. The van der Waals surface area contributed by atoms with Crippen LogP contribution >= 0.6 is 0 Å². The van der Waals surface area contributed by atoms with Gasteiger partial charge in [-0.3, -0.25) is 4.79 Å². The summed E-state index contributed by atoms with van der Waals surface area (Å²) in [4.78, 5) is 35.6. The third-order valence-corrected chi connectivity index (χ3v) is 5.28. The molecule has 2 unspecified atom stereocenters. The molecule has 0 aliphatic rings. The van der Waals surface area contributed by atoms with Gasteiger partial charge in [0, 0.05) is 17.5 Å². The second kappa shape index (κ2) is 10.00. The van der Waals surface area contributed by atoms with E-state index in [1.165, 1.54) is 12.1 Å². The molecule has 0 aliphatic heterocycles. The van der Waals surface area contributed by atoms with Gasteiger partial charge in [0.1, 0.15) is 23.1 Å². The number of ether oxygens (including phenoxy) is 2. The molecule has 3 rings (SSSR count). The van der Waals surface area contributed by atoms with E-state index in [0.29, 0.717) is 34.5 Å². The molecule has 0 spiro atoms. The molecule has 0 radical (unpaired) electrons. The van der Waals surface area contributed by atoms with Crippen LogP contribution in [0.25, 0.3) is 22.1 Å². The van der Waals surface area contributed by atoms with Crippen LogP contribution < -0.4 is 20.4 Å². The Balaban J connectivity index is 1.79. The molecule has 0 fully saturated rings. The Hall–Kier alpha value is -3.81. The lowest BCUT2D eigenvalue weighted by Gasteiger charge is -2.20. The molecule has 1 aromatic heterocycles. The van der Waals surface area contributed by atoms with Crippen molar-refractivity contribution >= 4 is 22.8 Å². The number of hydrogen-bond donors (Lipinski definition) is 2. The monoisotopic (exact) mass is 439 g/mol. The van der Waals surface area contributed by atoms with Crippen LogP contribution in [0.5, 0.6) is 11.5 Å². The second-order valence-electron chi connectivity index (χ2n) is 7.42. The van der Waals surface area contributed by atoms with Crippen molar-refractivity contribution in [3.63, 3.8) is 0 Å². The summed E-state index contributed by atoms with van der Waals surface area (Å²) in [5, 5.41) is 12.5. The maximum Gasteiger partial charge on any atom is 0.336 e. The Bertz CT molecular complexity index is 1170. The van der Waals surface area contributed by atoms with Gasteiger partial charge in [-0.05, 0) is 41.3 Å². The van der Waals surface area contributed by atoms with Crippen molar-refractivity contribution in [2.24, 2.45) is 5.92 Å². The Morgan fingerprint density at radius 3 is 2.41 bits per heavy atom. The van der Waals surface area contributed by atoms with Gasteiger partial charge in [0.2, 0.25) is 0 Å². The molecule has 1 amide bonds. The number of carboxylic acids is 1. The standard InChI is InChI=1S/C24H25NO7/c1-4-14(2)23(24(28)29)25-21(26)13-31-17-9-10-18-19(12-22(27)32-20(18)11-17)15-5-7-16(30-3)8-6-15/h5-12,14,23H,4,13H2,1-3H3,(H,25,26)(H,28,29). The Morgan fingerprint density at radius 2 is 1.78 bits per heavy atom. The first-order valence-corrected chi connectivity index (χ1v) is 10.2. The first kappa shape index (κ1) is 22.9. The number of aliphatic carboxylic acids is 1. The Labute approximate surface area is 184 Å². The van der Waals surface area contributed by atoms with Gasteiger partial charge in [0.15, 0.2) is 6.61 Å². The minimum Gasteiger partial charge on any atom is -0.497 e. The van der Waals surface area contributed by atoms with Gasteiger partial charge in [-0.15, -0.1) is 0 Å². The molecule has 0 saturated heterocycles. The van der Waals surface area contributed by atoms with Crippen LogP contribution in [-0.4, -0.2) is 36.7 Å². The average molecular weight is 439 g/mol. The van der Waals surface area contributed by atoms with Crippen LogP contribution in [0, 0.1) is 5.92 Å². The normalized spacial score (nSPS) is 12.7. The van der Waals surface area contributed by atoms with E-state index < -0.39 is 23.5 Å². The van der Waals surface area contributed by atoms with E-state index in [2.05, 4.69) is 5.32 Å². The molecule has 0 saturated carbocycles. The molecule has 2 atom stereocenters. The lowest BCUT2D eigenvalue weighted by molar-refractivity contribution is -0.143. The van der Waals surface area contributed by atoms with E-state index in [0.717, 1.165) is 5.56 Å². The summed E-state index contributed by atoms with van der Waals surface area (Å²) in [6, 6.07) is 12.6. The van der Waals surface area contributed by atoms with Crippen LogP contribution in [0.4, 0.5) is 0 Å².